The zero-order valence-electron chi connectivity index (χ0n) is 10.9. The van der Waals surface area contributed by atoms with Crippen LogP contribution in [-0.4, -0.2) is 49.3 Å². The molecule has 2 unspecified atom stereocenters. The molecule has 0 spiro atoms. The second-order valence-electron chi connectivity index (χ2n) is 5.52. The van der Waals surface area contributed by atoms with Crippen molar-refractivity contribution in [3.63, 3.8) is 0 Å². The predicted octanol–water partition coefficient (Wildman–Crippen LogP) is 1.63. The Bertz CT molecular complexity index is 212. The topological polar surface area (TPSA) is 24.5 Å². The first-order valence-electron chi connectivity index (χ1n) is 6.75. The van der Waals surface area contributed by atoms with Crippen LogP contribution in [0.4, 0.5) is 0 Å². The van der Waals surface area contributed by atoms with E-state index in [4.69, 9.17) is 4.74 Å². The Morgan fingerprint density at radius 2 is 1.81 bits per heavy atom. The summed E-state index contributed by atoms with van der Waals surface area (Å²) in [6.45, 7) is 6.62. The van der Waals surface area contributed by atoms with Gasteiger partial charge >= 0.3 is 0 Å². The lowest BCUT2D eigenvalue weighted by Gasteiger charge is -2.43. The molecule has 0 amide bonds. The van der Waals surface area contributed by atoms with E-state index in [1.165, 1.54) is 25.7 Å². The van der Waals surface area contributed by atoms with Crippen LogP contribution < -0.4 is 5.32 Å². The van der Waals surface area contributed by atoms with Crippen LogP contribution in [0.3, 0.4) is 0 Å². The van der Waals surface area contributed by atoms with E-state index in [1.54, 1.807) is 0 Å². The van der Waals surface area contributed by atoms with Crippen LogP contribution in [0.15, 0.2) is 0 Å². The summed E-state index contributed by atoms with van der Waals surface area (Å²) in [6.07, 6.45) is 6.21. The first-order chi connectivity index (χ1) is 7.69. The van der Waals surface area contributed by atoms with E-state index in [0.29, 0.717) is 12.2 Å². The lowest BCUT2D eigenvalue weighted by Crippen LogP contribution is -2.52. The number of hydrogen-bond acceptors (Lipinski definition) is 3. The summed E-state index contributed by atoms with van der Waals surface area (Å²) in [7, 11) is 2.09. The maximum Gasteiger partial charge on any atom is 0.0678 e. The molecule has 4 atom stereocenters. The minimum absolute atomic E-state index is 0.402. The number of nitrogens with one attached hydrogen (secondary N) is 1. The molecule has 1 aliphatic carbocycles. The van der Waals surface area contributed by atoms with Gasteiger partial charge in [0, 0.05) is 25.2 Å². The standard InChI is InChI=1S/C13H26N2O/c1-10-8-15(9-11(2)16-10)13-6-4-5-12(7-13)14-3/h10-14H,4-9H2,1-3H3/t10-,11+,12?,13?. The third kappa shape index (κ3) is 2.96. The van der Waals surface area contributed by atoms with Gasteiger partial charge in [-0.1, -0.05) is 6.42 Å². The SMILES string of the molecule is CNC1CCCC(N2C[C@@H](C)O[C@@H](C)C2)C1. The van der Waals surface area contributed by atoms with Gasteiger partial charge in [0.25, 0.3) is 0 Å². The second kappa shape index (κ2) is 5.48. The molecule has 0 aromatic carbocycles. The van der Waals surface area contributed by atoms with Crippen LogP contribution in [-0.2, 0) is 4.74 Å². The van der Waals surface area contributed by atoms with Crippen LogP contribution in [0.2, 0.25) is 0 Å². The largest absolute Gasteiger partial charge is 0.373 e. The summed E-state index contributed by atoms with van der Waals surface area (Å²) in [6, 6.07) is 1.51. The van der Waals surface area contributed by atoms with Crippen molar-refractivity contribution < 1.29 is 4.74 Å². The second-order valence-corrected chi connectivity index (χ2v) is 5.52. The minimum Gasteiger partial charge on any atom is -0.373 e. The molecule has 16 heavy (non-hydrogen) atoms. The predicted molar refractivity (Wildman–Crippen MR) is 66.7 cm³/mol. The van der Waals surface area contributed by atoms with Crippen molar-refractivity contribution in [3.8, 4) is 0 Å². The third-order valence-corrected chi connectivity index (χ3v) is 4.02. The molecule has 1 saturated heterocycles. The van der Waals surface area contributed by atoms with E-state index < -0.39 is 0 Å². The highest BCUT2D eigenvalue weighted by Crippen LogP contribution is 2.25. The average Bonchev–Trinajstić information content (AvgIpc) is 2.28. The van der Waals surface area contributed by atoms with E-state index in [9.17, 15) is 0 Å². The normalized spacial score (nSPS) is 42.2. The van der Waals surface area contributed by atoms with Crippen LogP contribution in [0, 0.1) is 0 Å². The van der Waals surface area contributed by atoms with E-state index >= 15 is 0 Å². The fourth-order valence-corrected chi connectivity index (χ4v) is 3.27. The van der Waals surface area contributed by atoms with Crippen LogP contribution in [0.25, 0.3) is 0 Å². The molecule has 2 fully saturated rings. The zero-order valence-corrected chi connectivity index (χ0v) is 10.9. The Hall–Kier alpha value is -0.120. The van der Waals surface area contributed by atoms with E-state index in [0.717, 1.165) is 25.2 Å². The highest BCUT2D eigenvalue weighted by atomic mass is 16.5. The van der Waals surface area contributed by atoms with Crippen molar-refractivity contribution in [1.29, 1.82) is 0 Å². The van der Waals surface area contributed by atoms with Gasteiger partial charge in [-0.15, -0.1) is 0 Å². The maximum atomic E-state index is 5.80. The third-order valence-electron chi connectivity index (χ3n) is 4.02. The van der Waals surface area contributed by atoms with Gasteiger partial charge in [-0.2, -0.15) is 0 Å². The molecular weight excluding hydrogens is 200 g/mol. The van der Waals surface area contributed by atoms with Gasteiger partial charge in [0.05, 0.1) is 12.2 Å². The van der Waals surface area contributed by atoms with E-state index in [1.807, 2.05) is 0 Å². The van der Waals surface area contributed by atoms with Gasteiger partial charge in [-0.3, -0.25) is 4.90 Å². The van der Waals surface area contributed by atoms with Gasteiger partial charge in [0.1, 0.15) is 0 Å². The highest BCUT2D eigenvalue weighted by Gasteiger charge is 2.31. The maximum absolute atomic E-state index is 5.80. The molecule has 2 rings (SSSR count). The molecule has 94 valence electrons. The number of nitrogens with zero attached hydrogens (tertiary/aromatic N) is 1. The lowest BCUT2D eigenvalue weighted by molar-refractivity contribution is -0.0850. The Morgan fingerprint density at radius 1 is 1.12 bits per heavy atom. The number of hydrogen-bond donors (Lipinski definition) is 1. The van der Waals surface area contributed by atoms with Gasteiger partial charge in [0.15, 0.2) is 0 Å². The molecule has 3 heteroatoms. The monoisotopic (exact) mass is 226 g/mol. The quantitative estimate of drug-likeness (QED) is 0.774. The summed E-state index contributed by atoms with van der Waals surface area (Å²) in [5.74, 6) is 0. The number of rotatable bonds is 2. The molecule has 1 saturated carbocycles. The van der Waals surface area contributed by atoms with Gasteiger partial charge in [-0.25, -0.2) is 0 Å². The summed E-state index contributed by atoms with van der Waals surface area (Å²) < 4.78 is 5.80. The molecule has 1 N–H and O–H groups in total. The Balaban J connectivity index is 1.90. The zero-order chi connectivity index (χ0) is 11.5. The number of morpholine rings is 1. The smallest absolute Gasteiger partial charge is 0.0678 e. The summed E-state index contributed by atoms with van der Waals surface area (Å²) in [5.41, 5.74) is 0. The fourth-order valence-electron chi connectivity index (χ4n) is 3.27. The van der Waals surface area contributed by atoms with Gasteiger partial charge in [0.2, 0.25) is 0 Å². The van der Waals surface area contributed by atoms with Crippen LogP contribution >= 0.6 is 0 Å². The molecular formula is C13H26N2O. The van der Waals surface area contributed by atoms with Crippen molar-refractivity contribution >= 4 is 0 Å². The average molecular weight is 226 g/mol. The lowest BCUT2D eigenvalue weighted by atomic mass is 9.89. The Labute approximate surface area is 99.5 Å². The molecule has 0 radical (unpaired) electrons. The molecule has 1 heterocycles. The molecule has 2 aliphatic rings. The molecule has 0 bridgehead atoms. The molecule has 1 aliphatic heterocycles. The Morgan fingerprint density at radius 3 is 2.44 bits per heavy atom. The van der Waals surface area contributed by atoms with E-state index in [2.05, 4.69) is 31.1 Å². The van der Waals surface area contributed by atoms with Gasteiger partial charge < -0.3 is 10.1 Å². The summed E-state index contributed by atoms with van der Waals surface area (Å²) >= 11 is 0. The molecule has 3 nitrogen and oxygen atoms in total. The van der Waals surface area contributed by atoms with Crippen molar-refractivity contribution in [2.75, 3.05) is 20.1 Å². The summed E-state index contributed by atoms with van der Waals surface area (Å²) in [4.78, 5) is 2.66. The van der Waals surface area contributed by atoms with Crippen molar-refractivity contribution in [2.24, 2.45) is 0 Å². The van der Waals surface area contributed by atoms with E-state index in [-0.39, 0.29) is 0 Å². The van der Waals surface area contributed by atoms with Crippen LogP contribution in [0.5, 0.6) is 0 Å². The minimum atomic E-state index is 0.402. The molecule has 0 aromatic heterocycles. The van der Waals surface area contributed by atoms with Crippen LogP contribution in [0.1, 0.15) is 39.5 Å². The fraction of sp³-hybridized carbons (Fsp3) is 1.00. The molecule has 0 aromatic rings. The van der Waals surface area contributed by atoms with Gasteiger partial charge in [-0.05, 0) is 40.2 Å². The first kappa shape index (κ1) is 12.3. The summed E-state index contributed by atoms with van der Waals surface area (Å²) in [5, 5.41) is 3.44. The number of ether oxygens (including phenoxy) is 1. The first-order valence-corrected chi connectivity index (χ1v) is 6.75. The highest BCUT2D eigenvalue weighted by molar-refractivity contribution is 4.86. The van der Waals surface area contributed by atoms with Crippen molar-refractivity contribution in [2.45, 2.75) is 63.8 Å². The van der Waals surface area contributed by atoms with Crippen molar-refractivity contribution in [1.82, 2.24) is 10.2 Å². The Kier molecular flexibility index (Phi) is 4.22. The van der Waals surface area contributed by atoms with Crippen molar-refractivity contribution in [3.05, 3.63) is 0 Å².